The second kappa shape index (κ2) is 9.62. The molecule has 204 valence electrons. The van der Waals surface area contributed by atoms with Gasteiger partial charge in [0, 0.05) is 29.2 Å². The first-order chi connectivity index (χ1) is 19.2. The van der Waals surface area contributed by atoms with E-state index in [2.05, 4.69) is 0 Å². The highest BCUT2D eigenvalue weighted by atomic mass is 16.5. The largest absolute Gasteiger partial charge is 0.508 e. The fraction of sp³-hybridized carbons (Fsp3) is 0.312. The number of methoxy groups -OCH3 is 1. The summed E-state index contributed by atoms with van der Waals surface area (Å²) in [7, 11) is 1.45. The average molecular weight is 540 g/mol. The van der Waals surface area contributed by atoms with Crippen molar-refractivity contribution in [3.05, 3.63) is 88.0 Å². The first kappa shape index (κ1) is 25.8. The summed E-state index contributed by atoms with van der Waals surface area (Å²) in [5.41, 5.74) is 3.46. The van der Waals surface area contributed by atoms with Crippen molar-refractivity contribution in [2.24, 2.45) is 17.8 Å². The van der Waals surface area contributed by atoms with Crippen LogP contribution in [0.15, 0.2) is 76.9 Å². The number of carbonyl (C=O) groups excluding carboxylic acids is 4. The van der Waals surface area contributed by atoms with Crippen molar-refractivity contribution in [2.45, 2.75) is 32.1 Å². The Balaban J connectivity index is 1.38. The van der Waals surface area contributed by atoms with Crippen LogP contribution in [0.1, 0.15) is 36.8 Å². The van der Waals surface area contributed by atoms with Gasteiger partial charge in [-0.2, -0.15) is 0 Å². The van der Waals surface area contributed by atoms with E-state index in [4.69, 9.17) is 4.74 Å². The molecular formula is C32H29NO7. The summed E-state index contributed by atoms with van der Waals surface area (Å²) in [4.78, 5) is 55.3. The zero-order valence-electron chi connectivity index (χ0n) is 22.2. The lowest BCUT2D eigenvalue weighted by Gasteiger charge is -2.42. The highest BCUT2D eigenvalue weighted by Crippen LogP contribution is 2.55. The number of hydrogen-bond donors (Lipinski definition) is 2. The lowest BCUT2D eigenvalue weighted by molar-refractivity contribution is -0.140. The number of ether oxygens (including phenoxy) is 1. The van der Waals surface area contributed by atoms with Crippen LogP contribution in [-0.4, -0.2) is 52.1 Å². The van der Waals surface area contributed by atoms with Crippen LogP contribution in [0.2, 0.25) is 0 Å². The molecule has 6 rings (SSSR count). The third-order valence-corrected chi connectivity index (χ3v) is 8.75. The summed E-state index contributed by atoms with van der Waals surface area (Å²) in [5.74, 6) is -2.82. The number of Topliss-reactive ketones (excluding diaryl/α,β-unsaturated/α-hetero) is 1. The number of ketones is 2. The number of phenols is 2. The Hall–Kier alpha value is -4.46. The van der Waals surface area contributed by atoms with E-state index >= 15 is 0 Å². The quantitative estimate of drug-likeness (QED) is 0.337. The number of rotatable bonds is 5. The van der Waals surface area contributed by atoms with Crippen LogP contribution in [0.3, 0.4) is 0 Å². The predicted molar refractivity (Wildman–Crippen MR) is 145 cm³/mol. The summed E-state index contributed by atoms with van der Waals surface area (Å²) in [6.45, 7) is 1.84. The van der Waals surface area contributed by atoms with E-state index in [-0.39, 0.29) is 53.6 Å². The minimum Gasteiger partial charge on any atom is -0.508 e. The lowest BCUT2D eigenvalue weighted by atomic mass is 9.59. The number of aromatic hydroxyl groups is 2. The van der Waals surface area contributed by atoms with Crippen molar-refractivity contribution in [2.75, 3.05) is 13.7 Å². The molecule has 2 N–H and O–H groups in total. The molecule has 1 heterocycles. The second-order valence-electron chi connectivity index (χ2n) is 10.9. The van der Waals surface area contributed by atoms with Gasteiger partial charge in [0.05, 0.1) is 18.9 Å². The minimum atomic E-state index is -0.634. The molecule has 0 aromatic heterocycles. The lowest BCUT2D eigenvalue weighted by Crippen LogP contribution is -2.40. The number of carbonyl (C=O) groups is 4. The van der Waals surface area contributed by atoms with Crippen LogP contribution in [0.25, 0.3) is 0 Å². The molecule has 8 heteroatoms. The third-order valence-electron chi connectivity index (χ3n) is 8.75. The average Bonchev–Trinajstić information content (AvgIpc) is 3.19. The Morgan fingerprint density at radius 3 is 2.42 bits per heavy atom. The molecule has 0 bridgehead atoms. The smallest absolute Gasteiger partial charge is 0.233 e. The van der Waals surface area contributed by atoms with Gasteiger partial charge in [-0.25, -0.2) is 0 Å². The molecule has 4 unspecified atom stereocenters. The van der Waals surface area contributed by atoms with E-state index in [9.17, 15) is 29.4 Å². The molecule has 40 heavy (non-hydrogen) atoms. The molecule has 0 spiro atoms. The van der Waals surface area contributed by atoms with Crippen LogP contribution in [-0.2, 0) is 25.6 Å². The first-order valence-electron chi connectivity index (χ1n) is 13.4. The van der Waals surface area contributed by atoms with Gasteiger partial charge in [-0.1, -0.05) is 29.8 Å². The SMILES string of the molecule is COc1ccc(C2C3=CCC4C(=O)N(CCc5ccc(O)cc5)C(=O)C4C3CC3=C2C(=O)C=C(C)C3=O)cc1O. The number of nitrogens with zero attached hydrogens (tertiary/aromatic N) is 1. The van der Waals surface area contributed by atoms with Crippen LogP contribution in [0.5, 0.6) is 17.2 Å². The van der Waals surface area contributed by atoms with E-state index in [0.29, 0.717) is 35.1 Å². The predicted octanol–water partition coefficient (Wildman–Crippen LogP) is 3.78. The van der Waals surface area contributed by atoms with E-state index < -0.39 is 23.7 Å². The number of benzene rings is 2. The van der Waals surface area contributed by atoms with Crippen molar-refractivity contribution >= 4 is 23.4 Å². The zero-order valence-corrected chi connectivity index (χ0v) is 22.2. The Kier molecular flexibility index (Phi) is 6.21. The van der Waals surface area contributed by atoms with E-state index in [1.165, 1.54) is 24.2 Å². The maximum Gasteiger partial charge on any atom is 0.233 e. The van der Waals surface area contributed by atoms with Gasteiger partial charge in [-0.15, -0.1) is 0 Å². The maximum atomic E-state index is 13.8. The topological polar surface area (TPSA) is 121 Å². The normalized spacial score (nSPS) is 25.8. The zero-order chi connectivity index (χ0) is 28.3. The molecule has 1 aliphatic heterocycles. The van der Waals surface area contributed by atoms with Crippen LogP contribution >= 0.6 is 0 Å². The van der Waals surface area contributed by atoms with Crippen LogP contribution in [0.4, 0.5) is 0 Å². The van der Waals surface area contributed by atoms with Crippen LogP contribution in [0, 0.1) is 17.8 Å². The Labute approximate surface area is 231 Å². The summed E-state index contributed by atoms with van der Waals surface area (Å²) in [6, 6.07) is 11.6. The summed E-state index contributed by atoms with van der Waals surface area (Å²) in [6.07, 6.45) is 4.34. The summed E-state index contributed by atoms with van der Waals surface area (Å²) < 4.78 is 5.20. The summed E-state index contributed by atoms with van der Waals surface area (Å²) >= 11 is 0. The number of imide groups is 1. The molecule has 2 aromatic carbocycles. The van der Waals surface area contributed by atoms with Gasteiger partial charge in [0.15, 0.2) is 23.1 Å². The van der Waals surface area contributed by atoms with Crippen molar-refractivity contribution < 1.29 is 34.1 Å². The monoisotopic (exact) mass is 539 g/mol. The fourth-order valence-electron chi connectivity index (χ4n) is 6.84. The van der Waals surface area contributed by atoms with E-state index in [0.717, 1.165) is 11.1 Å². The fourth-order valence-corrected chi connectivity index (χ4v) is 6.84. The molecular weight excluding hydrogens is 510 g/mol. The third kappa shape index (κ3) is 3.97. The Bertz CT molecular complexity index is 1560. The number of fused-ring (bicyclic) bond motifs is 3. The van der Waals surface area contributed by atoms with Crippen molar-refractivity contribution in [3.8, 4) is 17.2 Å². The molecule has 0 saturated carbocycles. The molecule has 0 radical (unpaired) electrons. The minimum absolute atomic E-state index is 0.0904. The number of allylic oxidation sites excluding steroid dienone is 6. The molecule has 8 nitrogen and oxygen atoms in total. The maximum absolute atomic E-state index is 13.8. The number of likely N-dealkylation sites (tertiary alicyclic amines) is 1. The molecule has 1 saturated heterocycles. The Morgan fingerprint density at radius 2 is 1.73 bits per heavy atom. The van der Waals surface area contributed by atoms with Crippen molar-refractivity contribution in [1.29, 1.82) is 0 Å². The molecule has 4 atom stereocenters. The number of phenolic OH excluding ortho intramolecular Hbond substituents is 2. The molecule has 4 aliphatic rings. The summed E-state index contributed by atoms with van der Waals surface area (Å²) in [5, 5.41) is 20.1. The molecule has 2 amide bonds. The van der Waals surface area contributed by atoms with Gasteiger partial charge in [0.1, 0.15) is 5.75 Å². The van der Waals surface area contributed by atoms with Gasteiger partial charge < -0.3 is 14.9 Å². The second-order valence-corrected chi connectivity index (χ2v) is 10.9. The van der Waals surface area contributed by atoms with E-state index in [1.54, 1.807) is 43.3 Å². The van der Waals surface area contributed by atoms with Gasteiger partial charge in [-0.3, -0.25) is 24.1 Å². The standard InChI is InChI=1S/C32H29NO7/c1-16-13-25(36)29-23(30(16)37)15-22-20(27(29)18-5-10-26(40-2)24(35)14-18)8-9-21-28(22)32(39)33(31(21)38)12-11-17-3-6-19(34)7-4-17/h3-8,10,13-14,21-22,27-28,34-35H,9,11-12,15H2,1-2H3. The van der Waals surface area contributed by atoms with Crippen molar-refractivity contribution in [1.82, 2.24) is 4.90 Å². The highest BCUT2D eigenvalue weighted by molar-refractivity contribution is 6.23. The highest BCUT2D eigenvalue weighted by Gasteiger charge is 2.56. The van der Waals surface area contributed by atoms with Crippen LogP contribution < -0.4 is 4.74 Å². The Morgan fingerprint density at radius 1 is 0.975 bits per heavy atom. The molecule has 2 aromatic rings. The van der Waals surface area contributed by atoms with Gasteiger partial charge in [0.25, 0.3) is 0 Å². The van der Waals surface area contributed by atoms with E-state index in [1.807, 2.05) is 6.08 Å². The molecule has 1 fully saturated rings. The van der Waals surface area contributed by atoms with Crippen molar-refractivity contribution in [3.63, 3.8) is 0 Å². The first-order valence-corrected chi connectivity index (χ1v) is 13.4. The van der Waals surface area contributed by atoms with Gasteiger partial charge >= 0.3 is 0 Å². The number of hydrogen-bond acceptors (Lipinski definition) is 7. The number of amides is 2. The van der Waals surface area contributed by atoms with Gasteiger partial charge in [-0.05, 0) is 73.6 Å². The molecule has 3 aliphatic carbocycles. The van der Waals surface area contributed by atoms with Gasteiger partial charge in [0.2, 0.25) is 11.8 Å².